The smallest absolute Gasteiger partial charge is 0.262 e. The van der Waals surface area contributed by atoms with Crippen LogP contribution in [0.3, 0.4) is 0 Å². The first-order valence-electron chi connectivity index (χ1n) is 8.34. The van der Waals surface area contributed by atoms with Gasteiger partial charge in [-0.15, -0.1) is 0 Å². The van der Waals surface area contributed by atoms with Gasteiger partial charge in [0.05, 0.1) is 24.5 Å². The van der Waals surface area contributed by atoms with Crippen LogP contribution in [-0.2, 0) is 13.6 Å². The molecule has 0 spiro atoms. The third-order valence-electron chi connectivity index (χ3n) is 5.14. The molecule has 0 saturated carbocycles. The Morgan fingerprint density at radius 2 is 2.04 bits per heavy atom. The maximum atomic E-state index is 13.6. The molecule has 1 aromatic heterocycles. The van der Waals surface area contributed by atoms with Crippen LogP contribution in [0.5, 0.6) is 0 Å². The number of likely N-dealkylation sites (tertiary alicyclic amines) is 2. The van der Waals surface area contributed by atoms with Crippen molar-refractivity contribution in [2.24, 2.45) is 7.05 Å². The minimum Gasteiger partial charge on any atom is -0.395 e. The Balaban J connectivity index is 1.55. The van der Waals surface area contributed by atoms with Crippen LogP contribution in [-0.4, -0.2) is 68.9 Å². The van der Waals surface area contributed by atoms with Gasteiger partial charge in [-0.2, -0.15) is 5.10 Å². The van der Waals surface area contributed by atoms with Crippen LogP contribution in [0, 0.1) is 6.92 Å². The largest absolute Gasteiger partial charge is 0.395 e. The van der Waals surface area contributed by atoms with Gasteiger partial charge in [-0.1, -0.05) is 0 Å². The Labute approximate surface area is 135 Å². The molecular formula is C16H26F2N4O. The molecule has 2 fully saturated rings. The second-order valence-electron chi connectivity index (χ2n) is 6.98. The van der Waals surface area contributed by atoms with Crippen molar-refractivity contribution in [2.75, 3.05) is 26.2 Å². The molecule has 3 rings (SSSR count). The molecule has 130 valence electrons. The fourth-order valence-corrected chi connectivity index (χ4v) is 3.97. The zero-order valence-electron chi connectivity index (χ0n) is 13.9. The monoisotopic (exact) mass is 328 g/mol. The minimum absolute atomic E-state index is 0.157. The van der Waals surface area contributed by atoms with Crippen molar-refractivity contribution < 1.29 is 13.9 Å². The maximum absolute atomic E-state index is 13.6. The van der Waals surface area contributed by atoms with E-state index in [2.05, 4.69) is 16.1 Å². The topological polar surface area (TPSA) is 44.5 Å². The van der Waals surface area contributed by atoms with Gasteiger partial charge in [0.15, 0.2) is 0 Å². The molecule has 3 heterocycles. The standard InChI is InChI=1S/C16H26F2N4O/c1-12-7-14(20(2)19-12)9-21-5-3-13(4-6-21)22-11-16(17,18)8-15(22)10-23/h7,13,15,23H,3-6,8-11H2,1-2H3/t15-/m0/s1. The zero-order chi connectivity index (χ0) is 16.6. The van der Waals surface area contributed by atoms with Crippen LogP contribution < -0.4 is 0 Å². The first kappa shape index (κ1) is 16.8. The van der Waals surface area contributed by atoms with Crippen molar-refractivity contribution in [2.45, 2.75) is 50.7 Å². The number of piperidine rings is 1. The Morgan fingerprint density at radius 3 is 2.61 bits per heavy atom. The Kier molecular flexibility index (Phi) is 4.71. The molecule has 0 unspecified atom stereocenters. The predicted octanol–water partition coefficient (Wildman–Crippen LogP) is 1.39. The molecule has 1 aromatic rings. The number of hydrogen-bond donors (Lipinski definition) is 1. The predicted molar refractivity (Wildman–Crippen MR) is 83.4 cm³/mol. The lowest BCUT2D eigenvalue weighted by Crippen LogP contribution is -2.48. The molecule has 0 bridgehead atoms. The molecule has 0 aliphatic carbocycles. The summed E-state index contributed by atoms with van der Waals surface area (Å²) in [6.07, 6.45) is 1.55. The highest BCUT2D eigenvalue weighted by Gasteiger charge is 2.47. The molecule has 5 nitrogen and oxygen atoms in total. The van der Waals surface area contributed by atoms with E-state index >= 15 is 0 Å². The first-order valence-corrected chi connectivity index (χ1v) is 8.34. The number of aliphatic hydroxyl groups is 1. The number of alkyl halides is 2. The van der Waals surface area contributed by atoms with Gasteiger partial charge in [0, 0.05) is 45.2 Å². The van der Waals surface area contributed by atoms with Gasteiger partial charge in [0.25, 0.3) is 5.92 Å². The van der Waals surface area contributed by atoms with Crippen molar-refractivity contribution in [3.05, 3.63) is 17.5 Å². The van der Waals surface area contributed by atoms with Gasteiger partial charge < -0.3 is 5.11 Å². The molecule has 0 aromatic carbocycles. The van der Waals surface area contributed by atoms with Crippen molar-refractivity contribution in [3.8, 4) is 0 Å². The van der Waals surface area contributed by atoms with Crippen LogP contribution in [0.2, 0.25) is 0 Å². The Hall–Kier alpha value is -1.05. The second-order valence-corrected chi connectivity index (χ2v) is 6.98. The number of rotatable bonds is 4. The number of hydrogen-bond acceptors (Lipinski definition) is 4. The van der Waals surface area contributed by atoms with Crippen molar-refractivity contribution in [3.63, 3.8) is 0 Å². The lowest BCUT2D eigenvalue weighted by atomic mass is 10.0. The van der Waals surface area contributed by atoms with E-state index in [9.17, 15) is 13.9 Å². The highest BCUT2D eigenvalue weighted by Crippen LogP contribution is 2.35. The minimum atomic E-state index is -2.66. The molecule has 2 aliphatic rings. The van der Waals surface area contributed by atoms with Crippen LogP contribution in [0.4, 0.5) is 8.78 Å². The SMILES string of the molecule is Cc1cc(CN2CCC(N3CC(F)(F)C[C@H]3CO)CC2)n(C)n1. The molecular weight excluding hydrogens is 302 g/mol. The maximum Gasteiger partial charge on any atom is 0.262 e. The normalized spacial score (nSPS) is 26.9. The van der Waals surface area contributed by atoms with E-state index in [1.165, 1.54) is 5.69 Å². The van der Waals surface area contributed by atoms with E-state index in [1.807, 2.05) is 23.6 Å². The van der Waals surface area contributed by atoms with E-state index in [0.29, 0.717) is 0 Å². The Morgan fingerprint density at radius 1 is 1.35 bits per heavy atom. The van der Waals surface area contributed by atoms with Crippen molar-refractivity contribution in [1.82, 2.24) is 19.6 Å². The summed E-state index contributed by atoms with van der Waals surface area (Å²) >= 11 is 0. The third kappa shape index (κ3) is 3.72. The second kappa shape index (κ2) is 6.45. The van der Waals surface area contributed by atoms with Crippen LogP contribution in [0.1, 0.15) is 30.7 Å². The van der Waals surface area contributed by atoms with Crippen molar-refractivity contribution in [1.29, 1.82) is 0 Å². The molecule has 2 saturated heterocycles. The summed E-state index contributed by atoms with van der Waals surface area (Å²) < 4.78 is 29.2. The summed E-state index contributed by atoms with van der Waals surface area (Å²) in [5, 5.41) is 13.7. The molecule has 0 amide bonds. The third-order valence-corrected chi connectivity index (χ3v) is 5.14. The number of nitrogens with zero attached hydrogens (tertiary/aromatic N) is 4. The lowest BCUT2D eigenvalue weighted by molar-refractivity contribution is 0.00259. The fourth-order valence-electron chi connectivity index (χ4n) is 3.97. The summed E-state index contributed by atoms with van der Waals surface area (Å²) in [7, 11) is 1.95. The molecule has 1 N–H and O–H groups in total. The number of halogens is 2. The van der Waals surface area contributed by atoms with Crippen LogP contribution in [0.25, 0.3) is 0 Å². The number of aliphatic hydroxyl groups excluding tert-OH is 1. The molecule has 0 radical (unpaired) electrons. The summed E-state index contributed by atoms with van der Waals surface area (Å²) in [6, 6.07) is 1.86. The fraction of sp³-hybridized carbons (Fsp3) is 0.812. The lowest BCUT2D eigenvalue weighted by Gasteiger charge is -2.38. The molecule has 7 heteroatoms. The first-order chi connectivity index (χ1) is 10.9. The number of aromatic nitrogens is 2. The summed E-state index contributed by atoms with van der Waals surface area (Å²) in [5.41, 5.74) is 2.20. The van der Waals surface area contributed by atoms with E-state index in [4.69, 9.17) is 0 Å². The van der Waals surface area contributed by atoms with Crippen LogP contribution in [0.15, 0.2) is 6.07 Å². The van der Waals surface area contributed by atoms with Crippen LogP contribution >= 0.6 is 0 Å². The molecule has 23 heavy (non-hydrogen) atoms. The van der Waals surface area contributed by atoms with Gasteiger partial charge in [-0.05, 0) is 25.8 Å². The van der Waals surface area contributed by atoms with E-state index < -0.39 is 5.92 Å². The summed E-state index contributed by atoms with van der Waals surface area (Å²) in [6.45, 7) is 4.25. The highest BCUT2D eigenvalue weighted by molar-refractivity contribution is 5.08. The molecule has 1 atom stereocenters. The Bertz CT molecular complexity index is 540. The van der Waals surface area contributed by atoms with Gasteiger partial charge >= 0.3 is 0 Å². The summed E-state index contributed by atoms with van der Waals surface area (Å²) in [5.74, 6) is -2.66. The van der Waals surface area contributed by atoms with Crippen molar-refractivity contribution >= 4 is 0 Å². The average Bonchev–Trinajstić information content (AvgIpc) is 2.98. The summed E-state index contributed by atoms with van der Waals surface area (Å²) in [4.78, 5) is 4.20. The quantitative estimate of drug-likeness (QED) is 0.907. The highest BCUT2D eigenvalue weighted by atomic mass is 19.3. The van der Waals surface area contributed by atoms with E-state index in [-0.39, 0.29) is 31.7 Å². The van der Waals surface area contributed by atoms with E-state index in [1.54, 1.807) is 0 Å². The van der Waals surface area contributed by atoms with Gasteiger partial charge in [-0.3, -0.25) is 14.5 Å². The van der Waals surface area contributed by atoms with Gasteiger partial charge in [0.2, 0.25) is 0 Å². The van der Waals surface area contributed by atoms with Gasteiger partial charge in [-0.25, -0.2) is 8.78 Å². The number of aryl methyl sites for hydroxylation is 2. The average molecular weight is 328 g/mol. The van der Waals surface area contributed by atoms with Gasteiger partial charge in [0.1, 0.15) is 0 Å². The van der Waals surface area contributed by atoms with E-state index in [0.717, 1.165) is 38.2 Å². The zero-order valence-corrected chi connectivity index (χ0v) is 13.9. The molecule has 2 aliphatic heterocycles.